The Labute approximate surface area is 197 Å². The van der Waals surface area contributed by atoms with E-state index in [4.69, 9.17) is 9.72 Å². The first-order valence-corrected chi connectivity index (χ1v) is 12.0. The Hall–Kier alpha value is -3.08. The van der Waals surface area contributed by atoms with E-state index in [0.717, 1.165) is 68.8 Å². The number of ether oxygens (including phenoxy) is 1. The van der Waals surface area contributed by atoms with Crippen LogP contribution >= 0.6 is 0 Å². The first kappa shape index (κ1) is 24.6. The maximum atomic E-state index is 11.6. The minimum atomic E-state index is -0.0571. The fourth-order valence-electron chi connectivity index (χ4n) is 3.92. The first-order chi connectivity index (χ1) is 16.0. The topological polar surface area (TPSA) is 56.2 Å². The van der Waals surface area contributed by atoms with Gasteiger partial charge < -0.3 is 14.6 Å². The van der Waals surface area contributed by atoms with Crippen molar-refractivity contribution in [3.63, 3.8) is 0 Å². The Bertz CT molecular complexity index is 1080. The zero-order chi connectivity index (χ0) is 23.6. The molecule has 1 N–H and O–H groups in total. The van der Waals surface area contributed by atoms with Crippen molar-refractivity contribution in [2.45, 2.75) is 65.8 Å². The van der Waals surface area contributed by atoms with Crippen LogP contribution in [0.25, 0.3) is 11.0 Å². The predicted molar refractivity (Wildman–Crippen MR) is 136 cm³/mol. The quantitative estimate of drug-likeness (QED) is 0.261. The largest absolute Gasteiger partial charge is 0.493 e. The molecule has 2 aromatic carbocycles. The summed E-state index contributed by atoms with van der Waals surface area (Å²) in [6.07, 6.45) is 6.08. The minimum Gasteiger partial charge on any atom is -0.493 e. The summed E-state index contributed by atoms with van der Waals surface area (Å²) in [5.74, 6) is 2.08. The third kappa shape index (κ3) is 7.21. The van der Waals surface area contributed by atoms with E-state index in [9.17, 15) is 4.79 Å². The summed E-state index contributed by atoms with van der Waals surface area (Å²) in [6, 6.07) is 14.7. The summed E-state index contributed by atoms with van der Waals surface area (Å²) in [7, 11) is 0. The average molecular weight is 448 g/mol. The number of hydrogen-bond donors (Lipinski definition) is 1. The Kier molecular flexibility index (Phi) is 9.11. The van der Waals surface area contributed by atoms with Crippen molar-refractivity contribution in [2.75, 3.05) is 13.2 Å². The monoisotopic (exact) mass is 447 g/mol. The molecule has 1 aromatic heterocycles. The van der Waals surface area contributed by atoms with E-state index < -0.39 is 0 Å². The second kappa shape index (κ2) is 12.2. The molecule has 5 nitrogen and oxygen atoms in total. The molecule has 0 aliphatic rings. The number of benzene rings is 2. The van der Waals surface area contributed by atoms with Crippen LogP contribution in [-0.2, 0) is 17.8 Å². The van der Waals surface area contributed by atoms with E-state index in [1.54, 1.807) is 6.92 Å². The van der Waals surface area contributed by atoms with E-state index in [1.807, 2.05) is 6.07 Å². The number of carbonyl (C=O) groups excluding carboxylic acids is 1. The molecule has 1 amide bonds. The third-order valence-electron chi connectivity index (χ3n) is 5.86. The Morgan fingerprint density at radius 1 is 1.06 bits per heavy atom. The second-order valence-electron chi connectivity index (χ2n) is 8.84. The lowest BCUT2D eigenvalue weighted by Gasteiger charge is -2.12. The van der Waals surface area contributed by atoms with Gasteiger partial charge in [0.1, 0.15) is 11.6 Å². The van der Waals surface area contributed by atoms with E-state index in [2.05, 4.69) is 66.7 Å². The van der Waals surface area contributed by atoms with Crippen molar-refractivity contribution in [3.05, 3.63) is 71.6 Å². The molecular formula is C28H37N3O2. The third-order valence-corrected chi connectivity index (χ3v) is 5.86. The number of hydrogen-bond acceptors (Lipinski definition) is 3. The minimum absolute atomic E-state index is 0.0571. The molecule has 176 valence electrons. The molecule has 0 fully saturated rings. The van der Waals surface area contributed by atoms with Crippen LogP contribution in [0, 0.1) is 13.8 Å². The molecule has 0 aliphatic carbocycles. The Morgan fingerprint density at radius 2 is 1.88 bits per heavy atom. The summed E-state index contributed by atoms with van der Waals surface area (Å²) in [6.45, 7) is 11.9. The number of amides is 1. The molecule has 33 heavy (non-hydrogen) atoms. The average Bonchev–Trinajstić information content (AvgIpc) is 3.15. The van der Waals surface area contributed by atoms with Crippen molar-refractivity contribution in [1.29, 1.82) is 0 Å². The number of rotatable bonds is 13. The first-order valence-electron chi connectivity index (χ1n) is 12.0. The number of carbonyl (C=O) groups is 1. The Balaban J connectivity index is 1.48. The number of para-hydroxylation sites is 2. The van der Waals surface area contributed by atoms with Crippen molar-refractivity contribution in [3.8, 4) is 5.75 Å². The van der Waals surface area contributed by atoms with E-state index in [1.165, 1.54) is 16.6 Å². The molecule has 0 atom stereocenters. The lowest BCUT2D eigenvalue weighted by Crippen LogP contribution is -2.24. The second-order valence-corrected chi connectivity index (χ2v) is 8.84. The molecule has 0 unspecified atom stereocenters. The van der Waals surface area contributed by atoms with Crippen LogP contribution in [0.2, 0.25) is 0 Å². The lowest BCUT2D eigenvalue weighted by molar-refractivity contribution is -0.117. The predicted octanol–water partition coefficient (Wildman–Crippen LogP) is 5.92. The van der Waals surface area contributed by atoms with Crippen molar-refractivity contribution < 1.29 is 9.53 Å². The Morgan fingerprint density at radius 3 is 2.70 bits per heavy atom. The maximum Gasteiger partial charge on any atom is 0.246 e. The van der Waals surface area contributed by atoms with Gasteiger partial charge in [-0.05, 0) is 75.8 Å². The van der Waals surface area contributed by atoms with Gasteiger partial charge in [-0.15, -0.1) is 0 Å². The number of unbranched alkanes of at least 4 members (excludes halogenated alkanes) is 3. The molecule has 0 saturated carbocycles. The van der Waals surface area contributed by atoms with Crippen molar-refractivity contribution in [1.82, 2.24) is 14.9 Å². The van der Waals surface area contributed by atoms with Gasteiger partial charge in [0, 0.05) is 25.1 Å². The number of aromatic nitrogens is 2. The summed E-state index contributed by atoms with van der Waals surface area (Å²) in [5, 5.41) is 2.90. The van der Waals surface area contributed by atoms with Gasteiger partial charge in [0.25, 0.3) is 0 Å². The molecule has 3 aromatic rings. The number of nitrogens with zero attached hydrogens (tertiary/aromatic N) is 2. The van der Waals surface area contributed by atoms with Crippen molar-refractivity contribution in [2.24, 2.45) is 0 Å². The molecule has 1 heterocycles. The molecular weight excluding hydrogens is 410 g/mol. The van der Waals surface area contributed by atoms with Crippen LogP contribution in [0.4, 0.5) is 0 Å². The van der Waals surface area contributed by atoms with Crippen LogP contribution in [0.5, 0.6) is 5.75 Å². The standard InChI is InChI=1S/C28H37N3O2/c1-21(2)28(32)29-17-9-5-6-14-27-30-24-12-7-8-13-25(24)31(27)18-10-11-19-33-26-20-22(3)15-16-23(26)4/h7-8,12-13,15-16,20H,1,5-6,9-11,14,17-19H2,2-4H3,(H,29,32). The van der Waals surface area contributed by atoms with E-state index in [-0.39, 0.29) is 5.91 Å². The van der Waals surface area contributed by atoms with Gasteiger partial charge in [-0.25, -0.2) is 4.98 Å². The molecule has 0 bridgehead atoms. The summed E-state index contributed by atoms with van der Waals surface area (Å²) in [4.78, 5) is 16.5. The lowest BCUT2D eigenvalue weighted by atomic mass is 10.1. The van der Waals surface area contributed by atoms with Crippen LogP contribution in [0.3, 0.4) is 0 Å². The molecule has 0 spiro atoms. The number of aryl methyl sites for hydroxylation is 4. The summed E-state index contributed by atoms with van der Waals surface area (Å²) < 4.78 is 8.40. The highest BCUT2D eigenvalue weighted by Gasteiger charge is 2.10. The molecule has 3 rings (SSSR count). The van der Waals surface area contributed by atoms with Crippen LogP contribution < -0.4 is 10.1 Å². The van der Waals surface area contributed by atoms with Gasteiger partial charge in [0.15, 0.2) is 0 Å². The van der Waals surface area contributed by atoms with E-state index >= 15 is 0 Å². The smallest absolute Gasteiger partial charge is 0.246 e. The SMILES string of the molecule is C=C(C)C(=O)NCCCCCc1nc2ccccc2n1CCCCOc1cc(C)ccc1C. The van der Waals surface area contributed by atoms with Gasteiger partial charge in [-0.2, -0.15) is 0 Å². The molecule has 0 radical (unpaired) electrons. The molecule has 0 aliphatic heterocycles. The highest BCUT2D eigenvalue weighted by molar-refractivity contribution is 5.92. The van der Waals surface area contributed by atoms with Gasteiger partial charge in [0.2, 0.25) is 5.91 Å². The fourth-order valence-corrected chi connectivity index (χ4v) is 3.92. The van der Waals surface area contributed by atoms with Gasteiger partial charge in [-0.1, -0.05) is 37.3 Å². The summed E-state index contributed by atoms with van der Waals surface area (Å²) in [5.41, 5.74) is 5.23. The highest BCUT2D eigenvalue weighted by atomic mass is 16.5. The van der Waals surface area contributed by atoms with Gasteiger partial charge in [0.05, 0.1) is 17.6 Å². The van der Waals surface area contributed by atoms with Gasteiger partial charge >= 0.3 is 0 Å². The van der Waals surface area contributed by atoms with E-state index in [0.29, 0.717) is 12.1 Å². The zero-order valence-corrected chi connectivity index (χ0v) is 20.3. The molecule has 5 heteroatoms. The fraction of sp³-hybridized carbons (Fsp3) is 0.429. The molecule has 0 saturated heterocycles. The summed E-state index contributed by atoms with van der Waals surface area (Å²) >= 11 is 0. The van der Waals surface area contributed by atoms with Crippen LogP contribution in [0.1, 0.15) is 56.0 Å². The normalized spacial score (nSPS) is 11.0. The van der Waals surface area contributed by atoms with Crippen molar-refractivity contribution >= 4 is 16.9 Å². The maximum absolute atomic E-state index is 11.6. The zero-order valence-electron chi connectivity index (χ0n) is 20.3. The van der Waals surface area contributed by atoms with Gasteiger partial charge in [-0.3, -0.25) is 4.79 Å². The number of fused-ring (bicyclic) bond motifs is 1. The number of imidazole rings is 1. The number of nitrogens with one attached hydrogen (secondary N) is 1. The van der Waals surface area contributed by atoms with Crippen LogP contribution in [0.15, 0.2) is 54.6 Å². The highest BCUT2D eigenvalue weighted by Crippen LogP contribution is 2.21. The van der Waals surface area contributed by atoms with Crippen LogP contribution in [-0.4, -0.2) is 28.6 Å².